The highest BCUT2D eigenvalue weighted by Gasteiger charge is 2.34. The standard InChI is InChI=1S/C17H18N4O2S/c1-2-21-13-7-5-9-19-16(13)24-14(17(21)23)10-15(22)20-11-12-6-3-4-8-18-12/h3-9,14H,2,10-11H2,1H3,(H,20,22)/t14-/m0/s1. The van der Waals surface area contributed by atoms with E-state index in [1.54, 1.807) is 17.3 Å². The Bertz CT molecular complexity index is 738. The Kier molecular flexibility index (Phi) is 5.10. The Labute approximate surface area is 144 Å². The molecule has 1 atom stereocenters. The summed E-state index contributed by atoms with van der Waals surface area (Å²) in [5.74, 6) is -0.210. The van der Waals surface area contributed by atoms with Gasteiger partial charge in [-0.05, 0) is 31.2 Å². The average Bonchev–Trinajstić information content (AvgIpc) is 2.62. The van der Waals surface area contributed by atoms with Gasteiger partial charge in [0.2, 0.25) is 11.8 Å². The van der Waals surface area contributed by atoms with Crippen LogP contribution in [-0.4, -0.2) is 33.6 Å². The lowest BCUT2D eigenvalue weighted by molar-refractivity contribution is -0.125. The number of thioether (sulfide) groups is 1. The summed E-state index contributed by atoms with van der Waals surface area (Å²) in [6, 6.07) is 9.24. The fourth-order valence-corrected chi connectivity index (χ4v) is 3.70. The molecule has 0 saturated heterocycles. The predicted octanol–water partition coefficient (Wildman–Crippen LogP) is 2.01. The van der Waals surface area contributed by atoms with Crippen LogP contribution in [0.4, 0.5) is 5.69 Å². The molecule has 7 heteroatoms. The molecule has 24 heavy (non-hydrogen) atoms. The number of hydrogen-bond acceptors (Lipinski definition) is 5. The quantitative estimate of drug-likeness (QED) is 0.900. The summed E-state index contributed by atoms with van der Waals surface area (Å²) in [5.41, 5.74) is 1.61. The molecule has 1 N–H and O–H groups in total. The molecule has 6 nitrogen and oxygen atoms in total. The first-order chi connectivity index (χ1) is 11.7. The van der Waals surface area contributed by atoms with Crippen LogP contribution in [0.5, 0.6) is 0 Å². The molecule has 2 amide bonds. The van der Waals surface area contributed by atoms with Gasteiger partial charge in [0.25, 0.3) is 0 Å². The first-order valence-electron chi connectivity index (χ1n) is 7.78. The molecule has 2 aromatic rings. The van der Waals surface area contributed by atoms with Crippen molar-refractivity contribution in [3.8, 4) is 0 Å². The molecule has 0 spiro atoms. The number of aromatic nitrogens is 2. The van der Waals surface area contributed by atoms with Gasteiger partial charge in [-0.3, -0.25) is 14.6 Å². The highest BCUT2D eigenvalue weighted by atomic mass is 32.2. The van der Waals surface area contributed by atoms with E-state index in [1.165, 1.54) is 11.8 Å². The second-order valence-electron chi connectivity index (χ2n) is 5.32. The predicted molar refractivity (Wildman–Crippen MR) is 92.6 cm³/mol. The SMILES string of the molecule is CCN1C(=O)[C@H](CC(=O)NCc2ccccn2)Sc2ncccc21. The number of carbonyl (C=O) groups excluding carboxylic acids is 2. The highest BCUT2D eigenvalue weighted by Crippen LogP contribution is 2.38. The molecule has 0 unspecified atom stereocenters. The summed E-state index contributed by atoms with van der Waals surface area (Å²) in [5, 5.41) is 3.16. The number of hydrogen-bond donors (Lipinski definition) is 1. The third-order valence-electron chi connectivity index (χ3n) is 3.72. The smallest absolute Gasteiger partial charge is 0.241 e. The number of anilines is 1. The lowest BCUT2D eigenvalue weighted by Crippen LogP contribution is -2.43. The van der Waals surface area contributed by atoms with Gasteiger partial charge in [-0.1, -0.05) is 17.8 Å². The Morgan fingerprint density at radius 2 is 2.08 bits per heavy atom. The lowest BCUT2D eigenvalue weighted by Gasteiger charge is -2.31. The van der Waals surface area contributed by atoms with Gasteiger partial charge in [-0.15, -0.1) is 0 Å². The first-order valence-corrected chi connectivity index (χ1v) is 8.66. The van der Waals surface area contributed by atoms with E-state index in [0.717, 1.165) is 16.4 Å². The number of nitrogens with zero attached hydrogens (tertiary/aromatic N) is 3. The summed E-state index contributed by atoms with van der Waals surface area (Å²) in [6.07, 6.45) is 3.51. The summed E-state index contributed by atoms with van der Waals surface area (Å²) in [7, 11) is 0. The van der Waals surface area contributed by atoms with Crippen molar-refractivity contribution in [3.05, 3.63) is 48.4 Å². The van der Waals surface area contributed by atoms with Crippen LogP contribution in [0, 0.1) is 0 Å². The molecule has 124 valence electrons. The Balaban J connectivity index is 1.65. The summed E-state index contributed by atoms with van der Waals surface area (Å²) < 4.78 is 0. The van der Waals surface area contributed by atoms with E-state index in [-0.39, 0.29) is 18.2 Å². The van der Waals surface area contributed by atoms with Gasteiger partial charge in [0, 0.05) is 25.4 Å². The lowest BCUT2D eigenvalue weighted by atomic mass is 10.2. The van der Waals surface area contributed by atoms with Crippen molar-refractivity contribution in [3.63, 3.8) is 0 Å². The van der Waals surface area contributed by atoms with Gasteiger partial charge in [-0.25, -0.2) is 4.98 Å². The van der Waals surface area contributed by atoms with E-state index in [1.807, 2.05) is 37.3 Å². The molecule has 1 aliphatic rings. The Morgan fingerprint density at radius 3 is 2.83 bits per heavy atom. The van der Waals surface area contributed by atoms with E-state index < -0.39 is 5.25 Å². The summed E-state index contributed by atoms with van der Waals surface area (Å²) in [6.45, 7) is 2.84. The summed E-state index contributed by atoms with van der Waals surface area (Å²) >= 11 is 1.36. The van der Waals surface area contributed by atoms with Gasteiger partial charge in [0.15, 0.2) is 0 Å². The van der Waals surface area contributed by atoms with Crippen molar-refractivity contribution in [1.82, 2.24) is 15.3 Å². The molecule has 0 bridgehead atoms. The molecular formula is C17H18N4O2S. The minimum absolute atomic E-state index is 0.0454. The number of amides is 2. The highest BCUT2D eigenvalue weighted by molar-refractivity contribution is 8.00. The Hall–Kier alpha value is -2.41. The van der Waals surface area contributed by atoms with Gasteiger partial charge in [-0.2, -0.15) is 0 Å². The number of rotatable bonds is 5. The molecule has 2 aromatic heterocycles. The normalized spacial score (nSPS) is 16.6. The van der Waals surface area contributed by atoms with E-state index in [0.29, 0.717) is 13.1 Å². The molecule has 0 fully saturated rings. The molecule has 0 aromatic carbocycles. The average molecular weight is 342 g/mol. The van der Waals surface area contributed by atoms with E-state index in [2.05, 4.69) is 15.3 Å². The van der Waals surface area contributed by atoms with Crippen molar-refractivity contribution in [1.29, 1.82) is 0 Å². The fourth-order valence-electron chi connectivity index (χ4n) is 2.54. The van der Waals surface area contributed by atoms with Crippen LogP contribution in [0.3, 0.4) is 0 Å². The van der Waals surface area contributed by atoms with E-state index in [9.17, 15) is 9.59 Å². The zero-order valence-electron chi connectivity index (χ0n) is 13.3. The largest absolute Gasteiger partial charge is 0.350 e. The van der Waals surface area contributed by atoms with E-state index in [4.69, 9.17) is 0 Å². The maximum atomic E-state index is 12.6. The number of pyridine rings is 2. The molecule has 0 aliphatic carbocycles. The minimum atomic E-state index is -0.448. The topological polar surface area (TPSA) is 75.2 Å². The van der Waals surface area contributed by atoms with Crippen LogP contribution < -0.4 is 10.2 Å². The van der Waals surface area contributed by atoms with Gasteiger partial charge < -0.3 is 10.2 Å². The van der Waals surface area contributed by atoms with Crippen LogP contribution in [0.1, 0.15) is 19.0 Å². The number of fused-ring (bicyclic) bond motifs is 1. The molecule has 1 aliphatic heterocycles. The molecule has 3 heterocycles. The number of nitrogens with one attached hydrogen (secondary N) is 1. The summed E-state index contributed by atoms with van der Waals surface area (Å²) in [4.78, 5) is 35.0. The maximum Gasteiger partial charge on any atom is 0.241 e. The first kappa shape index (κ1) is 16.4. The third kappa shape index (κ3) is 3.56. The van der Waals surface area contributed by atoms with Gasteiger partial charge in [0.05, 0.1) is 23.2 Å². The molecule has 0 saturated carbocycles. The zero-order valence-corrected chi connectivity index (χ0v) is 14.1. The van der Waals surface area contributed by atoms with Crippen LogP contribution >= 0.6 is 11.8 Å². The fraction of sp³-hybridized carbons (Fsp3) is 0.294. The third-order valence-corrected chi connectivity index (χ3v) is 4.91. The second kappa shape index (κ2) is 7.44. The maximum absolute atomic E-state index is 12.6. The van der Waals surface area contributed by atoms with Crippen molar-refractivity contribution in [2.24, 2.45) is 0 Å². The van der Waals surface area contributed by atoms with Crippen molar-refractivity contribution < 1.29 is 9.59 Å². The minimum Gasteiger partial charge on any atom is -0.350 e. The number of carbonyl (C=O) groups is 2. The monoisotopic (exact) mass is 342 g/mol. The van der Waals surface area contributed by atoms with Crippen molar-refractivity contribution in [2.45, 2.75) is 30.2 Å². The van der Waals surface area contributed by atoms with Crippen LogP contribution in [0.2, 0.25) is 0 Å². The zero-order chi connectivity index (χ0) is 16.9. The van der Waals surface area contributed by atoms with Crippen LogP contribution in [-0.2, 0) is 16.1 Å². The molecular weight excluding hydrogens is 324 g/mol. The second-order valence-corrected chi connectivity index (χ2v) is 6.51. The van der Waals surface area contributed by atoms with Gasteiger partial charge in [0.1, 0.15) is 5.03 Å². The van der Waals surface area contributed by atoms with Gasteiger partial charge >= 0.3 is 0 Å². The van der Waals surface area contributed by atoms with Crippen molar-refractivity contribution >= 4 is 29.3 Å². The van der Waals surface area contributed by atoms with Crippen LogP contribution in [0.15, 0.2) is 47.8 Å². The molecule has 3 rings (SSSR count). The Morgan fingerprint density at radius 1 is 1.25 bits per heavy atom. The van der Waals surface area contributed by atoms with E-state index >= 15 is 0 Å². The molecule has 0 radical (unpaired) electrons. The van der Waals surface area contributed by atoms with Crippen LogP contribution in [0.25, 0.3) is 0 Å². The van der Waals surface area contributed by atoms with Crippen molar-refractivity contribution in [2.75, 3.05) is 11.4 Å².